The molecule has 2 amide bonds. The largest absolute Gasteiger partial charge is 0.478 e. The van der Waals surface area contributed by atoms with Crippen LogP contribution in [0.15, 0.2) is 42.6 Å². The smallest absolute Gasteiger partial charge is 0.262 e. The van der Waals surface area contributed by atoms with Gasteiger partial charge in [-0.15, -0.1) is 0 Å². The molecule has 0 saturated heterocycles. The number of amides is 2. The van der Waals surface area contributed by atoms with Crippen LogP contribution in [0, 0.1) is 13.8 Å². The van der Waals surface area contributed by atoms with E-state index in [0.717, 1.165) is 27.6 Å². The number of hydrogen-bond donors (Lipinski definition) is 3. The van der Waals surface area contributed by atoms with Gasteiger partial charge in [0.2, 0.25) is 0 Å². The van der Waals surface area contributed by atoms with Gasteiger partial charge < -0.3 is 20.4 Å². The van der Waals surface area contributed by atoms with Crippen molar-refractivity contribution < 1.29 is 14.3 Å². The lowest BCUT2D eigenvalue weighted by atomic mass is 10.0. The van der Waals surface area contributed by atoms with Crippen LogP contribution in [0.4, 0.5) is 0 Å². The minimum absolute atomic E-state index is 0.143. The second-order valence-corrected chi connectivity index (χ2v) is 7.15. The van der Waals surface area contributed by atoms with Gasteiger partial charge >= 0.3 is 0 Å². The van der Waals surface area contributed by atoms with Gasteiger partial charge in [-0.25, -0.2) is 0 Å². The van der Waals surface area contributed by atoms with Gasteiger partial charge in [0, 0.05) is 23.6 Å². The molecule has 0 fully saturated rings. The zero-order valence-electron chi connectivity index (χ0n) is 16.0. The minimum Gasteiger partial charge on any atom is -0.478 e. The summed E-state index contributed by atoms with van der Waals surface area (Å²) in [5.41, 5.74) is 4.74. The van der Waals surface area contributed by atoms with E-state index in [9.17, 15) is 9.59 Å². The fraction of sp³-hybridized carbons (Fsp3) is 0.273. The summed E-state index contributed by atoms with van der Waals surface area (Å²) < 4.78 is 5.88. The lowest BCUT2D eigenvalue weighted by Crippen LogP contribution is -2.44. The van der Waals surface area contributed by atoms with Gasteiger partial charge in [0.1, 0.15) is 5.75 Å². The molecule has 28 heavy (non-hydrogen) atoms. The molecule has 0 bridgehead atoms. The van der Waals surface area contributed by atoms with E-state index in [1.807, 2.05) is 44.3 Å². The fourth-order valence-corrected chi connectivity index (χ4v) is 3.46. The molecule has 6 nitrogen and oxygen atoms in total. The first-order chi connectivity index (χ1) is 13.5. The average Bonchev–Trinajstić information content (AvgIpc) is 3.03. The van der Waals surface area contributed by atoms with Crippen molar-refractivity contribution in [2.45, 2.75) is 26.4 Å². The molecule has 0 aliphatic carbocycles. The molecule has 1 aliphatic rings. The molecule has 2 heterocycles. The van der Waals surface area contributed by atoms with Crippen LogP contribution < -0.4 is 15.4 Å². The summed E-state index contributed by atoms with van der Waals surface area (Å²) in [5, 5.41) is 6.86. The highest BCUT2D eigenvalue weighted by Gasteiger charge is 2.28. The molecule has 3 aromatic rings. The summed E-state index contributed by atoms with van der Waals surface area (Å²) >= 11 is 0. The van der Waals surface area contributed by atoms with Crippen LogP contribution in [0.2, 0.25) is 0 Å². The summed E-state index contributed by atoms with van der Waals surface area (Å²) in [7, 11) is 0. The van der Waals surface area contributed by atoms with Crippen molar-refractivity contribution in [1.29, 1.82) is 0 Å². The Hall–Kier alpha value is -3.28. The summed E-state index contributed by atoms with van der Waals surface area (Å²) in [6.07, 6.45) is 1.93. The second kappa shape index (κ2) is 7.38. The number of ether oxygens (including phenoxy) is 1. The van der Waals surface area contributed by atoms with E-state index >= 15 is 0 Å². The Morgan fingerprint density at radius 3 is 2.86 bits per heavy atom. The number of benzene rings is 2. The predicted octanol–water partition coefficient (Wildman–Crippen LogP) is 2.63. The number of fused-ring (bicyclic) bond motifs is 2. The normalized spacial score (nSPS) is 16.1. The van der Waals surface area contributed by atoms with Gasteiger partial charge in [0.25, 0.3) is 11.8 Å². The van der Waals surface area contributed by atoms with E-state index in [2.05, 4.69) is 21.7 Å². The molecule has 1 atom stereocenters. The number of carbonyl (C=O) groups excluding carboxylic acids is 2. The highest BCUT2D eigenvalue weighted by atomic mass is 16.5. The van der Waals surface area contributed by atoms with Crippen LogP contribution in [0.25, 0.3) is 10.9 Å². The summed E-state index contributed by atoms with van der Waals surface area (Å²) in [5.74, 6) is 0.00768. The average molecular weight is 377 g/mol. The van der Waals surface area contributed by atoms with E-state index in [0.29, 0.717) is 24.3 Å². The Bertz CT molecular complexity index is 1050. The van der Waals surface area contributed by atoms with Gasteiger partial charge in [0.05, 0.1) is 12.1 Å². The third kappa shape index (κ3) is 3.45. The van der Waals surface area contributed by atoms with Gasteiger partial charge in [-0.3, -0.25) is 9.59 Å². The Balaban J connectivity index is 1.42. The highest BCUT2D eigenvalue weighted by molar-refractivity contribution is 5.98. The number of aromatic nitrogens is 1. The van der Waals surface area contributed by atoms with Crippen LogP contribution in [-0.4, -0.2) is 36.0 Å². The molecule has 3 N–H and O–H groups in total. The van der Waals surface area contributed by atoms with E-state index in [4.69, 9.17) is 4.74 Å². The maximum absolute atomic E-state index is 12.6. The lowest BCUT2D eigenvalue weighted by Gasteiger charge is -2.17. The van der Waals surface area contributed by atoms with E-state index in [-0.39, 0.29) is 18.4 Å². The number of aromatic amines is 1. The number of nitrogens with one attached hydrogen (secondary N) is 3. The number of para-hydroxylation sites is 1. The highest BCUT2D eigenvalue weighted by Crippen LogP contribution is 2.26. The molecule has 0 radical (unpaired) electrons. The third-order valence-electron chi connectivity index (χ3n) is 5.22. The minimum atomic E-state index is -0.754. The molecule has 0 saturated carbocycles. The summed E-state index contributed by atoms with van der Waals surface area (Å²) in [6, 6.07) is 11.7. The van der Waals surface area contributed by atoms with Crippen LogP contribution in [0.1, 0.15) is 27.0 Å². The van der Waals surface area contributed by atoms with Crippen molar-refractivity contribution >= 4 is 22.7 Å². The number of rotatable bonds is 4. The van der Waals surface area contributed by atoms with Crippen LogP contribution in [0.5, 0.6) is 5.75 Å². The van der Waals surface area contributed by atoms with Gasteiger partial charge in [-0.05, 0) is 55.2 Å². The van der Waals surface area contributed by atoms with Gasteiger partial charge in [-0.2, -0.15) is 0 Å². The van der Waals surface area contributed by atoms with E-state index in [1.54, 1.807) is 6.07 Å². The van der Waals surface area contributed by atoms with E-state index < -0.39 is 6.10 Å². The van der Waals surface area contributed by atoms with Crippen LogP contribution in [0.3, 0.4) is 0 Å². The van der Waals surface area contributed by atoms with Gasteiger partial charge in [-0.1, -0.05) is 18.2 Å². The first-order valence-electron chi connectivity index (χ1n) is 9.42. The Morgan fingerprint density at radius 2 is 2.00 bits per heavy atom. The maximum atomic E-state index is 12.6. The molecule has 1 aromatic heterocycles. The quantitative estimate of drug-likeness (QED) is 0.654. The monoisotopic (exact) mass is 377 g/mol. The molecule has 1 unspecified atom stereocenters. The standard InChI is InChI=1S/C22H23N3O3/c1-13-9-17-19(10-14(13)2)28-20(12-25-21(17)26)22(27)23-8-7-15-11-24-18-6-4-3-5-16(15)18/h3-6,9-11,20,24H,7-8,12H2,1-2H3,(H,23,27)(H,25,26). The topological polar surface area (TPSA) is 83.2 Å². The summed E-state index contributed by atoms with van der Waals surface area (Å²) in [6.45, 7) is 4.54. The Labute approximate surface area is 163 Å². The zero-order chi connectivity index (χ0) is 19.7. The Morgan fingerprint density at radius 1 is 1.21 bits per heavy atom. The Kier molecular flexibility index (Phi) is 4.77. The summed E-state index contributed by atoms with van der Waals surface area (Å²) in [4.78, 5) is 28.2. The van der Waals surface area contributed by atoms with E-state index in [1.165, 1.54) is 0 Å². The van der Waals surface area contributed by atoms with Crippen molar-refractivity contribution in [3.05, 3.63) is 64.8 Å². The van der Waals surface area contributed by atoms with Crippen molar-refractivity contribution in [1.82, 2.24) is 15.6 Å². The molecule has 0 spiro atoms. The van der Waals surface area contributed by atoms with Crippen molar-refractivity contribution in [3.63, 3.8) is 0 Å². The molecular weight excluding hydrogens is 354 g/mol. The fourth-order valence-electron chi connectivity index (χ4n) is 3.46. The zero-order valence-corrected chi connectivity index (χ0v) is 16.0. The lowest BCUT2D eigenvalue weighted by molar-refractivity contribution is -0.127. The SMILES string of the molecule is Cc1cc2c(cc1C)C(=O)NCC(C(=O)NCCc1c[nH]c3ccccc13)O2. The first kappa shape index (κ1) is 18.1. The third-order valence-corrected chi connectivity index (χ3v) is 5.22. The van der Waals surface area contributed by atoms with Crippen LogP contribution in [-0.2, 0) is 11.2 Å². The number of aryl methyl sites for hydroxylation is 2. The van der Waals surface area contributed by atoms with Gasteiger partial charge in [0.15, 0.2) is 6.10 Å². The van der Waals surface area contributed by atoms with Crippen molar-refractivity contribution in [2.75, 3.05) is 13.1 Å². The molecular formula is C22H23N3O3. The van der Waals surface area contributed by atoms with Crippen LogP contribution >= 0.6 is 0 Å². The molecule has 2 aromatic carbocycles. The number of hydrogen-bond acceptors (Lipinski definition) is 3. The molecule has 1 aliphatic heterocycles. The maximum Gasteiger partial charge on any atom is 0.262 e. The molecule has 4 rings (SSSR count). The molecule has 144 valence electrons. The van der Waals surface area contributed by atoms with Crippen molar-refractivity contribution in [3.8, 4) is 5.75 Å². The predicted molar refractivity (Wildman–Crippen MR) is 108 cm³/mol. The second-order valence-electron chi connectivity index (χ2n) is 7.15. The molecule has 6 heteroatoms. The number of H-pyrrole nitrogens is 1. The first-order valence-corrected chi connectivity index (χ1v) is 9.42. The number of carbonyl (C=O) groups is 2. The van der Waals surface area contributed by atoms with Crippen molar-refractivity contribution in [2.24, 2.45) is 0 Å².